The van der Waals surface area contributed by atoms with Gasteiger partial charge in [-0.1, -0.05) is 54.6 Å². The Morgan fingerprint density at radius 2 is 1.52 bits per heavy atom. The molecule has 138 valence electrons. The van der Waals surface area contributed by atoms with E-state index in [2.05, 4.69) is 58.0 Å². The van der Waals surface area contributed by atoms with Crippen LogP contribution in [0.2, 0.25) is 0 Å². The number of likely N-dealkylation sites (tertiary alicyclic amines) is 1. The Kier molecular flexibility index (Phi) is 4.38. The Bertz CT molecular complexity index is 982. The van der Waals surface area contributed by atoms with Crippen molar-refractivity contribution < 1.29 is 4.79 Å². The summed E-state index contributed by atoms with van der Waals surface area (Å²) in [6.07, 6.45) is 3.70. The minimum absolute atomic E-state index is 0.0927. The van der Waals surface area contributed by atoms with Gasteiger partial charge < -0.3 is 0 Å². The van der Waals surface area contributed by atoms with E-state index in [1.165, 1.54) is 41.8 Å². The maximum absolute atomic E-state index is 12.5. The molecule has 3 aromatic rings. The number of fused-ring (bicyclic) bond motifs is 3. The molecule has 0 aliphatic carbocycles. The third kappa shape index (κ3) is 3.03. The molecule has 3 heterocycles. The van der Waals surface area contributed by atoms with E-state index in [-0.39, 0.29) is 5.91 Å². The summed E-state index contributed by atoms with van der Waals surface area (Å²) in [7, 11) is 0. The first kappa shape index (κ1) is 16.8. The fourth-order valence-electron chi connectivity index (χ4n) is 4.03. The van der Waals surface area contributed by atoms with Crippen molar-refractivity contribution in [2.24, 2.45) is 5.10 Å². The van der Waals surface area contributed by atoms with E-state index >= 15 is 0 Å². The van der Waals surface area contributed by atoms with Gasteiger partial charge in [0.05, 0.1) is 23.5 Å². The van der Waals surface area contributed by atoms with E-state index in [4.69, 9.17) is 5.10 Å². The number of benzene rings is 2. The van der Waals surface area contributed by atoms with Gasteiger partial charge in [0.1, 0.15) is 0 Å². The van der Waals surface area contributed by atoms with Gasteiger partial charge in [-0.2, -0.15) is 0 Å². The lowest BCUT2D eigenvalue weighted by Gasteiger charge is -2.32. The first-order valence-corrected chi connectivity index (χ1v) is 10.5. The lowest BCUT2D eigenvalue weighted by molar-refractivity contribution is -0.130. The van der Waals surface area contributed by atoms with Gasteiger partial charge in [-0.3, -0.25) is 14.3 Å². The van der Waals surface area contributed by atoms with E-state index in [1.54, 1.807) is 5.01 Å². The highest BCUT2D eigenvalue weighted by Crippen LogP contribution is 2.31. The molecule has 0 N–H and O–H groups in total. The van der Waals surface area contributed by atoms with Crippen LogP contribution in [-0.2, 0) is 4.79 Å². The Balaban J connectivity index is 1.58. The molecule has 1 aromatic heterocycles. The summed E-state index contributed by atoms with van der Waals surface area (Å²) in [5, 5.41) is 9.77. The Labute approximate surface area is 162 Å². The van der Waals surface area contributed by atoms with Gasteiger partial charge in [-0.05, 0) is 38.1 Å². The van der Waals surface area contributed by atoms with Gasteiger partial charge in [-0.25, -0.2) is 5.01 Å². The summed E-state index contributed by atoms with van der Waals surface area (Å²) in [6, 6.07) is 16.8. The van der Waals surface area contributed by atoms with Gasteiger partial charge in [0.2, 0.25) is 0 Å². The SMILES string of the molecule is O=C1CSC(n2c3ccccc3c3ccccc32)=NN1CN1CCCCC1. The number of carbonyl (C=O) groups is 1. The lowest BCUT2D eigenvalue weighted by Crippen LogP contribution is -2.44. The minimum Gasteiger partial charge on any atom is -0.287 e. The normalized spacial score (nSPS) is 19.0. The van der Waals surface area contributed by atoms with Crippen molar-refractivity contribution in [3.05, 3.63) is 48.5 Å². The summed E-state index contributed by atoms with van der Waals surface area (Å²) in [5.41, 5.74) is 2.27. The van der Waals surface area contributed by atoms with Crippen LogP contribution in [0.5, 0.6) is 0 Å². The van der Waals surface area contributed by atoms with Crippen LogP contribution in [0.4, 0.5) is 0 Å². The molecule has 5 nitrogen and oxygen atoms in total. The number of piperidine rings is 1. The monoisotopic (exact) mass is 378 g/mol. The number of hydrogen-bond donors (Lipinski definition) is 0. The van der Waals surface area contributed by atoms with Crippen molar-refractivity contribution in [1.82, 2.24) is 14.5 Å². The number of hydrogen-bond acceptors (Lipinski definition) is 4. The van der Waals surface area contributed by atoms with Gasteiger partial charge in [-0.15, -0.1) is 5.10 Å². The summed E-state index contributed by atoms with van der Waals surface area (Å²) in [6.45, 7) is 2.70. The van der Waals surface area contributed by atoms with Crippen LogP contribution in [0.1, 0.15) is 19.3 Å². The smallest absolute Gasteiger partial charge is 0.254 e. The van der Waals surface area contributed by atoms with Crippen molar-refractivity contribution in [3.63, 3.8) is 0 Å². The molecule has 2 aromatic carbocycles. The molecule has 0 radical (unpaired) electrons. The average molecular weight is 379 g/mol. The summed E-state index contributed by atoms with van der Waals surface area (Å²) < 4.78 is 2.20. The van der Waals surface area contributed by atoms with Gasteiger partial charge in [0.15, 0.2) is 5.17 Å². The highest BCUT2D eigenvalue weighted by atomic mass is 32.2. The van der Waals surface area contributed by atoms with E-state index in [0.717, 1.165) is 29.3 Å². The van der Waals surface area contributed by atoms with Crippen molar-refractivity contribution in [2.45, 2.75) is 19.3 Å². The molecule has 0 bridgehead atoms. The minimum atomic E-state index is 0.0927. The maximum Gasteiger partial charge on any atom is 0.254 e. The molecule has 6 heteroatoms. The van der Waals surface area contributed by atoms with Gasteiger partial charge in [0.25, 0.3) is 5.91 Å². The molecule has 5 rings (SSSR count). The zero-order valence-corrected chi connectivity index (χ0v) is 16.0. The number of aromatic nitrogens is 1. The highest BCUT2D eigenvalue weighted by molar-refractivity contribution is 8.14. The van der Waals surface area contributed by atoms with Crippen LogP contribution < -0.4 is 0 Å². The van der Waals surface area contributed by atoms with Crippen LogP contribution in [-0.4, -0.2) is 51.1 Å². The Hall–Kier alpha value is -2.31. The van der Waals surface area contributed by atoms with E-state index < -0.39 is 0 Å². The molecule has 2 aliphatic heterocycles. The highest BCUT2D eigenvalue weighted by Gasteiger charge is 2.26. The van der Waals surface area contributed by atoms with Crippen molar-refractivity contribution in [2.75, 3.05) is 25.5 Å². The predicted molar refractivity (Wildman–Crippen MR) is 112 cm³/mol. The third-order valence-electron chi connectivity index (χ3n) is 5.37. The molecule has 1 saturated heterocycles. The summed E-state index contributed by atoms with van der Waals surface area (Å²) in [4.78, 5) is 14.8. The molecule has 0 spiro atoms. The zero-order chi connectivity index (χ0) is 18.2. The molecule has 2 aliphatic rings. The largest absolute Gasteiger partial charge is 0.287 e. The molecule has 0 unspecified atom stereocenters. The van der Waals surface area contributed by atoms with E-state index in [1.807, 2.05) is 0 Å². The molecular weight excluding hydrogens is 356 g/mol. The van der Waals surface area contributed by atoms with Crippen LogP contribution in [0.15, 0.2) is 53.6 Å². The topological polar surface area (TPSA) is 40.8 Å². The molecule has 1 amide bonds. The quantitative estimate of drug-likeness (QED) is 0.678. The number of hydrazone groups is 1. The number of rotatable bonds is 2. The maximum atomic E-state index is 12.5. The van der Waals surface area contributed by atoms with Crippen molar-refractivity contribution >= 4 is 44.6 Å². The second kappa shape index (κ2) is 7.02. The number of carbonyl (C=O) groups excluding carboxylic acids is 1. The molecular formula is C21H22N4OS. The average Bonchev–Trinajstić information content (AvgIpc) is 3.05. The molecule has 27 heavy (non-hydrogen) atoms. The fourth-order valence-corrected chi connectivity index (χ4v) is 4.91. The Morgan fingerprint density at radius 3 is 2.19 bits per heavy atom. The summed E-state index contributed by atoms with van der Waals surface area (Å²) >= 11 is 1.53. The van der Waals surface area contributed by atoms with E-state index in [9.17, 15) is 4.79 Å². The number of nitrogens with zero attached hydrogens (tertiary/aromatic N) is 4. The second-order valence-electron chi connectivity index (χ2n) is 7.15. The van der Waals surface area contributed by atoms with E-state index in [0.29, 0.717) is 12.4 Å². The molecule has 0 saturated carbocycles. The first-order valence-electron chi connectivity index (χ1n) is 9.54. The lowest BCUT2D eigenvalue weighted by atomic mass is 10.1. The van der Waals surface area contributed by atoms with Crippen molar-refractivity contribution in [1.29, 1.82) is 0 Å². The Morgan fingerprint density at radius 1 is 0.889 bits per heavy atom. The third-order valence-corrected chi connectivity index (χ3v) is 6.29. The first-order chi connectivity index (χ1) is 13.3. The second-order valence-corrected chi connectivity index (χ2v) is 8.10. The van der Waals surface area contributed by atoms with Gasteiger partial charge in [0, 0.05) is 10.8 Å². The zero-order valence-electron chi connectivity index (χ0n) is 15.2. The summed E-state index contributed by atoms with van der Waals surface area (Å²) in [5.74, 6) is 0.531. The van der Waals surface area contributed by atoms with Crippen LogP contribution in [0.25, 0.3) is 21.8 Å². The van der Waals surface area contributed by atoms with Crippen LogP contribution in [0.3, 0.4) is 0 Å². The number of amides is 1. The fraction of sp³-hybridized carbons (Fsp3) is 0.333. The number of para-hydroxylation sites is 2. The van der Waals surface area contributed by atoms with Gasteiger partial charge >= 0.3 is 0 Å². The van der Waals surface area contributed by atoms with Crippen LogP contribution in [0, 0.1) is 0 Å². The molecule has 0 atom stereocenters. The van der Waals surface area contributed by atoms with Crippen molar-refractivity contribution in [3.8, 4) is 0 Å². The molecule has 1 fully saturated rings. The number of thioether (sulfide) groups is 1. The van der Waals surface area contributed by atoms with Crippen LogP contribution >= 0.6 is 11.8 Å². The standard InChI is InChI=1S/C21H22N4OS/c26-20-14-27-21(22-24(20)15-23-12-6-1-7-13-23)25-18-10-4-2-8-16(18)17-9-3-5-11-19(17)25/h2-5,8-11H,1,6-7,12-15H2. The predicted octanol–water partition coefficient (Wildman–Crippen LogP) is 3.93.